The topological polar surface area (TPSA) is 81.6 Å². The van der Waals surface area contributed by atoms with Crippen LogP contribution in [0, 0.1) is 0 Å². The highest BCUT2D eigenvalue weighted by molar-refractivity contribution is 6.06. The molecule has 0 aromatic heterocycles. The highest BCUT2D eigenvalue weighted by Gasteiger charge is 2.43. The Bertz CT molecular complexity index is 470. The number of allylic oxidation sites excluding steroid dienone is 1. The Kier molecular flexibility index (Phi) is 2.41. The van der Waals surface area contributed by atoms with Crippen molar-refractivity contribution in [3.63, 3.8) is 0 Å². The number of benzene rings is 1. The van der Waals surface area contributed by atoms with Crippen LogP contribution in [0.1, 0.15) is 12.5 Å². The monoisotopic (exact) mass is 220 g/mol. The van der Waals surface area contributed by atoms with Gasteiger partial charge in [0.2, 0.25) is 0 Å². The van der Waals surface area contributed by atoms with Crippen molar-refractivity contribution in [3.8, 4) is 0 Å². The average molecular weight is 220 g/mol. The van der Waals surface area contributed by atoms with Gasteiger partial charge in [-0.05, 0) is 19.1 Å². The van der Waals surface area contributed by atoms with E-state index >= 15 is 0 Å². The van der Waals surface area contributed by atoms with E-state index in [9.17, 15) is 9.90 Å². The average Bonchev–Trinajstić information content (AvgIpc) is 2.52. The number of carbonyl (C=O) groups excluding carboxylic acids is 1. The Balaban J connectivity index is 2.53. The van der Waals surface area contributed by atoms with Gasteiger partial charge in [0.25, 0.3) is 5.91 Å². The van der Waals surface area contributed by atoms with E-state index in [1.54, 1.807) is 31.2 Å². The van der Waals surface area contributed by atoms with Crippen LogP contribution in [0.3, 0.4) is 0 Å². The maximum Gasteiger partial charge on any atom is 0.265 e. The summed E-state index contributed by atoms with van der Waals surface area (Å²) in [5.74, 6) is -0.525. The van der Waals surface area contributed by atoms with Gasteiger partial charge < -0.3 is 10.4 Å². The minimum atomic E-state index is -1.73. The van der Waals surface area contributed by atoms with Gasteiger partial charge in [-0.15, -0.1) is 0 Å². The zero-order chi connectivity index (χ0) is 11.8. The third-order valence-corrected chi connectivity index (χ3v) is 2.53. The molecule has 0 saturated carbocycles. The van der Waals surface area contributed by atoms with Crippen LogP contribution < -0.4 is 10.8 Å². The van der Waals surface area contributed by atoms with Crippen LogP contribution >= 0.6 is 0 Å². The van der Waals surface area contributed by atoms with Gasteiger partial charge in [0.15, 0.2) is 5.60 Å². The molecular weight excluding hydrogens is 208 g/mol. The minimum Gasteiger partial charge on any atom is -0.372 e. The van der Waals surface area contributed by atoms with Crippen molar-refractivity contribution in [2.75, 3.05) is 5.32 Å². The molecule has 0 radical (unpaired) electrons. The van der Waals surface area contributed by atoms with Gasteiger partial charge in [0, 0.05) is 16.9 Å². The Morgan fingerprint density at radius 2 is 2.19 bits per heavy atom. The summed E-state index contributed by atoms with van der Waals surface area (Å²) in [6.07, 6.45) is 1.27. The third kappa shape index (κ3) is 1.46. The van der Waals surface area contributed by atoms with Gasteiger partial charge in [-0.3, -0.25) is 15.5 Å². The first-order chi connectivity index (χ1) is 7.58. The number of para-hydroxylation sites is 1. The molecule has 1 aromatic carbocycles. The molecule has 1 amide bonds. The molecule has 1 atom stereocenters. The largest absolute Gasteiger partial charge is 0.372 e. The summed E-state index contributed by atoms with van der Waals surface area (Å²) in [7, 11) is 0. The van der Waals surface area contributed by atoms with Gasteiger partial charge in [0.05, 0.1) is 0 Å². The molecule has 0 unspecified atom stereocenters. The van der Waals surface area contributed by atoms with Gasteiger partial charge >= 0.3 is 0 Å². The first-order valence-corrected chi connectivity index (χ1v) is 4.81. The molecule has 4 N–H and O–H groups in total. The fourth-order valence-corrected chi connectivity index (χ4v) is 1.75. The summed E-state index contributed by atoms with van der Waals surface area (Å²) in [6, 6.07) is 6.88. The van der Waals surface area contributed by atoms with Crippen LogP contribution in [0.5, 0.6) is 0 Å². The number of carbonyl (C=O) groups is 1. The number of amides is 1. The molecule has 1 aromatic rings. The Morgan fingerprint density at radius 1 is 1.50 bits per heavy atom. The summed E-state index contributed by atoms with van der Waals surface area (Å²) in [5, 5.41) is 21.5. The highest BCUT2D eigenvalue weighted by atomic mass is 16.5. The van der Waals surface area contributed by atoms with Crippen molar-refractivity contribution in [1.82, 2.24) is 5.48 Å². The molecule has 0 bridgehead atoms. The molecule has 16 heavy (non-hydrogen) atoms. The predicted molar refractivity (Wildman–Crippen MR) is 57.6 cm³/mol. The Hall–Kier alpha value is -1.85. The first kappa shape index (κ1) is 10.7. The molecular formula is C11H12N2O3. The van der Waals surface area contributed by atoms with Crippen molar-refractivity contribution >= 4 is 11.6 Å². The van der Waals surface area contributed by atoms with E-state index in [4.69, 9.17) is 5.21 Å². The summed E-state index contributed by atoms with van der Waals surface area (Å²) < 4.78 is 0. The molecule has 1 aliphatic heterocycles. The number of aliphatic hydroxyl groups is 1. The smallest absolute Gasteiger partial charge is 0.265 e. The minimum absolute atomic E-state index is 0.300. The fourth-order valence-electron chi connectivity index (χ4n) is 1.75. The second kappa shape index (κ2) is 3.62. The van der Waals surface area contributed by atoms with E-state index in [1.807, 2.05) is 5.48 Å². The second-order valence-corrected chi connectivity index (χ2v) is 3.71. The lowest BCUT2D eigenvalue weighted by atomic mass is 9.94. The van der Waals surface area contributed by atoms with E-state index in [2.05, 4.69) is 5.32 Å². The van der Waals surface area contributed by atoms with Crippen molar-refractivity contribution < 1.29 is 15.1 Å². The maximum atomic E-state index is 11.7. The summed E-state index contributed by atoms with van der Waals surface area (Å²) in [5.41, 5.74) is 1.53. The van der Waals surface area contributed by atoms with Gasteiger partial charge in [-0.1, -0.05) is 18.2 Å². The molecule has 84 valence electrons. The van der Waals surface area contributed by atoms with Crippen LogP contribution in [-0.4, -0.2) is 16.2 Å². The van der Waals surface area contributed by atoms with E-state index in [0.717, 1.165) is 0 Å². The summed E-state index contributed by atoms with van der Waals surface area (Å²) in [6.45, 7) is 1.55. The van der Waals surface area contributed by atoms with Crippen molar-refractivity contribution in [2.24, 2.45) is 0 Å². The number of anilines is 1. The number of rotatable bonds is 2. The number of hydrogen-bond donors (Lipinski definition) is 4. The maximum absolute atomic E-state index is 11.7. The SMILES string of the molecule is CC(=C[C@]1(O)C(=O)Nc2ccccc21)NO. The molecule has 5 heteroatoms. The van der Waals surface area contributed by atoms with Gasteiger partial charge in [-0.2, -0.15) is 0 Å². The highest BCUT2D eigenvalue weighted by Crippen LogP contribution is 2.36. The lowest BCUT2D eigenvalue weighted by Crippen LogP contribution is -2.33. The Labute approximate surface area is 92.4 Å². The Morgan fingerprint density at radius 3 is 2.88 bits per heavy atom. The predicted octanol–water partition coefficient (Wildman–Crippen LogP) is 0.709. The molecule has 2 rings (SSSR count). The van der Waals surface area contributed by atoms with E-state index in [0.29, 0.717) is 16.9 Å². The molecule has 5 nitrogen and oxygen atoms in total. The standard InChI is InChI=1S/C11H12N2O3/c1-7(13-16)6-11(15)8-4-2-3-5-9(8)12-10(11)14/h2-6,13,15-16H,1H3,(H,12,14)/t11-/m1/s1. The van der Waals surface area contributed by atoms with Crippen molar-refractivity contribution in [1.29, 1.82) is 0 Å². The lowest BCUT2D eigenvalue weighted by molar-refractivity contribution is -0.129. The molecule has 1 heterocycles. The third-order valence-electron chi connectivity index (χ3n) is 2.53. The normalized spacial score (nSPS) is 23.9. The summed E-state index contributed by atoms with van der Waals surface area (Å²) in [4.78, 5) is 11.7. The number of hydroxylamine groups is 1. The van der Waals surface area contributed by atoms with Crippen LogP contribution in [0.25, 0.3) is 0 Å². The van der Waals surface area contributed by atoms with Crippen LogP contribution in [0.2, 0.25) is 0 Å². The quantitative estimate of drug-likeness (QED) is 0.553. The fraction of sp³-hybridized carbons (Fsp3) is 0.182. The first-order valence-electron chi connectivity index (χ1n) is 4.81. The zero-order valence-corrected chi connectivity index (χ0v) is 8.69. The molecule has 0 aliphatic carbocycles. The van der Waals surface area contributed by atoms with Gasteiger partial charge in [0.1, 0.15) is 0 Å². The second-order valence-electron chi connectivity index (χ2n) is 3.71. The molecule has 0 saturated heterocycles. The molecule has 0 spiro atoms. The van der Waals surface area contributed by atoms with E-state index < -0.39 is 11.5 Å². The van der Waals surface area contributed by atoms with Crippen LogP contribution in [-0.2, 0) is 10.4 Å². The number of hydrogen-bond acceptors (Lipinski definition) is 4. The zero-order valence-electron chi connectivity index (χ0n) is 8.69. The number of nitrogens with one attached hydrogen (secondary N) is 2. The van der Waals surface area contributed by atoms with Crippen LogP contribution in [0.4, 0.5) is 5.69 Å². The number of fused-ring (bicyclic) bond motifs is 1. The molecule has 1 aliphatic rings. The summed E-state index contributed by atoms with van der Waals surface area (Å²) >= 11 is 0. The van der Waals surface area contributed by atoms with Gasteiger partial charge in [-0.25, -0.2) is 0 Å². The van der Waals surface area contributed by atoms with Crippen molar-refractivity contribution in [2.45, 2.75) is 12.5 Å². The lowest BCUT2D eigenvalue weighted by Gasteiger charge is -2.17. The van der Waals surface area contributed by atoms with E-state index in [-0.39, 0.29) is 0 Å². The van der Waals surface area contributed by atoms with Crippen LogP contribution in [0.15, 0.2) is 36.0 Å². The molecule has 0 fully saturated rings. The van der Waals surface area contributed by atoms with E-state index in [1.165, 1.54) is 6.08 Å². The van der Waals surface area contributed by atoms with Crippen molar-refractivity contribution in [3.05, 3.63) is 41.6 Å².